The first kappa shape index (κ1) is 10.5. The molecule has 84 valence electrons. The van der Waals surface area contributed by atoms with Crippen LogP contribution in [0.5, 0.6) is 0 Å². The van der Waals surface area contributed by atoms with Gasteiger partial charge in [0.2, 0.25) is 5.91 Å². The number of rotatable bonds is 1. The Morgan fingerprint density at radius 1 is 1.27 bits per heavy atom. The minimum atomic E-state index is -0.705. The van der Waals surface area contributed by atoms with Crippen LogP contribution < -0.4 is 0 Å². The number of carbonyl (C=O) groups is 2. The van der Waals surface area contributed by atoms with Gasteiger partial charge in [-0.2, -0.15) is 0 Å². The lowest BCUT2D eigenvalue weighted by atomic mass is 9.79. The van der Waals surface area contributed by atoms with Crippen molar-refractivity contribution in [1.29, 1.82) is 0 Å². The van der Waals surface area contributed by atoms with Gasteiger partial charge in [-0.3, -0.25) is 9.59 Å². The summed E-state index contributed by atoms with van der Waals surface area (Å²) in [5, 5.41) is 8.98. The van der Waals surface area contributed by atoms with Gasteiger partial charge in [0.15, 0.2) is 0 Å². The first-order chi connectivity index (χ1) is 7.09. The second-order valence-electron chi connectivity index (χ2n) is 4.68. The van der Waals surface area contributed by atoms with Crippen LogP contribution in [0.25, 0.3) is 0 Å². The van der Waals surface area contributed by atoms with E-state index in [-0.39, 0.29) is 17.9 Å². The molecule has 0 unspecified atom stereocenters. The highest BCUT2D eigenvalue weighted by Crippen LogP contribution is 2.38. The molecule has 0 spiro atoms. The van der Waals surface area contributed by atoms with Crippen LogP contribution in [0.4, 0.5) is 0 Å². The summed E-state index contributed by atoms with van der Waals surface area (Å²) < 4.78 is 0. The molecule has 0 bridgehead atoms. The van der Waals surface area contributed by atoms with E-state index < -0.39 is 5.97 Å². The number of carboxylic acids is 1. The van der Waals surface area contributed by atoms with Crippen LogP contribution in [0, 0.1) is 11.8 Å². The highest BCUT2D eigenvalue weighted by Gasteiger charge is 2.41. The second-order valence-corrected chi connectivity index (χ2v) is 4.68. The highest BCUT2D eigenvalue weighted by molar-refractivity contribution is 5.74. The summed E-state index contributed by atoms with van der Waals surface area (Å²) in [5.41, 5.74) is 0. The Hall–Kier alpha value is -1.06. The Labute approximate surface area is 89.3 Å². The van der Waals surface area contributed by atoms with Crippen molar-refractivity contribution in [2.75, 3.05) is 6.54 Å². The first-order valence-corrected chi connectivity index (χ1v) is 5.59. The van der Waals surface area contributed by atoms with Crippen molar-refractivity contribution in [1.82, 2.24) is 4.90 Å². The average Bonchev–Trinajstić information content (AvgIpc) is 2.59. The number of hydrogen-bond acceptors (Lipinski definition) is 2. The third kappa shape index (κ3) is 1.85. The molecule has 4 nitrogen and oxygen atoms in total. The molecule has 0 aromatic rings. The van der Waals surface area contributed by atoms with E-state index >= 15 is 0 Å². The molecule has 0 aromatic carbocycles. The summed E-state index contributed by atoms with van der Waals surface area (Å²) in [5.74, 6) is -0.312. The Kier molecular flexibility index (Phi) is 2.67. The molecule has 1 amide bonds. The second kappa shape index (κ2) is 3.83. The van der Waals surface area contributed by atoms with Crippen LogP contribution in [-0.4, -0.2) is 34.5 Å². The van der Waals surface area contributed by atoms with E-state index in [1.54, 1.807) is 6.92 Å². The summed E-state index contributed by atoms with van der Waals surface area (Å²) in [6.07, 6.45) is 3.45. The molecule has 15 heavy (non-hydrogen) atoms. The Morgan fingerprint density at radius 2 is 2.00 bits per heavy atom. The Balaban J connectivity index is 2.07. The normalized spacial score (nSPS) is 35.0. The van der Waals surface area contributed by atoms with E-state index in [9.17, 15) is 9.59 Å². The van der Waals surface area contributed by atoms with E-state index in [1.165, 1.54) is 0 Å². The van der Waals surface area contributed by atoms with Crippen molar-refractivity contribution >= 4 is 11.9 Å². The number of likely N-dealkylation sites (tertiary alicyclic amines) is 1. The predicted molar refractivity (Wildman–Crippen MR) is 54.3 cm³/mol. The van der Waals surface area contributed by atoms with Crippen LogP contribution in [0.15, 0.2) is 0 Å². The van der Waals surface area contributed by atoms with Crippen LogP contribution in [-0.2, 0) is 9.59 Å². The molecule has 0 radical (unpaired) electrons. The van der Waals surface area contributed by atoms with E-state index in [2.05, 4.69) is 0 Å². The molecule has 0 aromatic heterocycles. The van der Waals surface area contributed by atoms with E-state index in [1.807, 2.05) is 4.90 Å². The lowest BCUT2D eigenvalue weighted by Gasteiger charge is -2.34. The van der Waals surface area contributed by atoms with Crippen molar-refractivity contribution in [3.05, 3.63) is 0 Å². The number of aliphatic carboxylic acids is 1. The lowest BCUT2D eigenvalue weighted by molar-refractivity contribution is -0.145. The van der Waals surface area contributed by atoms with Crippen LogP contribution in [0.1, 0.15) is 32.6 Å². The quantitative estimate of drug-likeness (QED) is 0.706. The van der Waals surface area contributed by atoms with Crippen molar-refractivity contribution in [2.24, 2.45) is 11.8 Å². The summed E-state index contributed by atoms with van der Waals surface area (Å²) >= 11 is 0. The summed E-state index contributed by atoms with van der Waals surface area (Å²) in [6.45, 7) is 2.39. The molecule has 1 aliphatic carbocycles. The largest absolute Gasteiger partial charge is 0.481 e. The summed E-state index contributed by atoms with van der Waals surface area (Å²) in [6, 6.07) is 0.192. The molecule has 2 fully saturated rings. The zero-order valence-electron chi connectivity index (χ0n) is 8.98. The maximum Gasteiger partial charge on any atom is 0.306 e. The topological polar surface area (TPSA) is 57.6 Å². The smallest absolute Gasteiger partial charge is 0.306 e. The van der Waals surface area contributed by atoms with Gasteiger partial charge in [-0.05, 0) is 31.6 Å². The van der Waals surface area contributed by atoms with Crippen LogP contribution in [0.3, 0.4) is 0 Å². The number of carbonyl (C=O) groups excluding carboxylic acids is 1. The van der Waals surface area contributed by atoms with Gasteiger partial charge in [0, 0.05) is 19.5 Å². The van der Waals surface area contributed by atoms with Crippen molar-refractivity contribution in [3.8, 4) is 0 Å². The molecule has 2 rings (SSSR count). The third-order valence-electron chi connectivity index (χ3n) is 3.85. The molecule has 4 heteroatoms. The SMILES string of the molecule is CC(=O)N1CC[C@@H]2CC[C@@H](C(=O)O)C[C@@H]21. The van der Waals surface area contributed by atoms with Crippen LogP contribution in [0.2, 0.25) is 0 Å². The maximum atomic E-state index is 11.4. The highest BCUT2D eigenvalue weighted by atomic mass is 16.4. The van der Waals surface area contributed by atoms with Gasteiger partial charge in [0.25, 0.3) is 0 Å². The molecule has 2 aliphatic rings. The fourth-order valence-electron chi connectivity index (χ4n) is 3.01. The molecule has 1 saturated carbocycles. The number of nitrogens with zero attached hydrogens (tertiary/aromatic N) is 1. The predicted octanol–water partition coefficient (Wildman–Crippen LogP) is 1.11. The standard InChI is InChI=1S/C11H17NO3/c1-7(13)12-5-4-8-2-3-9(11(14)15)6-10(8)12/h8-10H,2-6H2,1H3,(H,14,15)/t8-,9+,10-/m0/s1. The van der Waals surface area contributed by atoms with E-state index in [0.717, 1.165) is 25.8 Å². The Morgan fingerprint density at radius 3 is 2.60 bits per heavy atom. The summed E-state index contributed by atoms with van der Waals surface area (Å²) in [4.78, 5) is 24.1. The van der Waals surface area contributed by atoms with Gasteiger partial charge in [-0.25, -0.2) is 0 Å². The number of hydrogen-bond donors (Lipinski definition) is 1. The van der Waals surface area contributed by atoms with E-state index in [4.69, 9.17) is 5.11 Å². The minimum absolute atomic E-state index is 0.0912. The zero-order valence-corrected chi connectivity index (χ0v) is 8.98. The summed E-state index contributed by atoms with van der Waals surface area (Å²) in [7, 11) is 0. The van der Waals surface area contributed by atoms with Crippen LogP contribution >= 0.6 is 0 Å². The first-order valence-electron chi connectivity index (χ1n) is 5.59. The van der Waals surface area contributed by atoms with Crippen molar-refractivity contribution < 1.29 is 14.7 Å². The van der Waals surface area contributed by atoms with Crippen molar-refractivity contribution in [3.63, 3.8) is 0 Å². The molecule has 1 heterocycles. The molecule has 3 atom stereocenters. The van der Waals surface area contributed by atoms with Gasteiger partial charge >= 0.3 is 5.97 Å². The fourth-order valence-corrected chi connectivity index (χ4v) is 3.01. The third-order valence-corrected chi connectivity index (χ3v) is 3.85. The van der Waals surface area contributed by atoms with Gasteiger partial charge in [-0.1, -0.05) is 0 Å². The fraction of sp³-hybridized carbons (Fsp3) is 0.818. The molecular formula is C11H17NO3. The lowest BCUT2D eigenvalue weighted by Crippen LogP contribution is -2.41. The number of fused-ring (bicyclic) bond motifs is 1. The minimum Gasteiger partial charge on any atom is -0.481 e. The molecule has 1 N–H and O–H groups in total. The zero-order chi connectivity index (χ0) is 11.0. The van der Waals surface area contributed by atoms with Gasteiger partial charge < -0.3 is 10.0 Å². The maximum absolute atomic E-state index is 11.4. The van der Waals surface area contributed by atoms with Gasteiger partial charge in [0.1, 0.15) is 0 Å². The molecule has 1 saturated heterocycles. The monoisotopic (exact) mass is 211 g/mol. The number of amides is 1. The molecule has 1 aliphatic heterocycles. The number of carboxylic acid groups (broad SMARTS) is 1. The Bertz CT molecular complexity index is 290. The van der Waals surface area contributed by atoms with Gasteiger partial charge in [0.05, 0.1) is 5.92 Å². The van der Waals surface area contributed by atoms with Gasteiger partial charge in [-0.15, -0.1) is 0 Å². The average molecular weight is 211 g/mol. The van der Waals surface area contributed by atoms with Crippen molar-refractivity contribution in [2.45, 2.75) is 38.6 Å². The molecular weight excluding hydrogens is 194 g/mol. The van der Waals surface area contributed by atoms with E-state index in [0.29, 0.717) is 12.3 Å².